The van der Waals surface area contributed by atoms with E-state index >= 15 is 0 Å². The number of nitrogens with one attached hydrogen (secondary N) is 1. The first-order chi connectivity index (χ1) is 11.6. The van der Waals surface area contributed by atoms with Crippen LogP contribution in [0.1, 0.15) is 34.2 Å². The summed E-state index contributed by atoms with van der Waals surface area (Å²) >= 11 is 0. The Morgan fingerprint density at radius 2 is 2.08 bits per heavy atom. The minimum Gasteiger partial charge on any atom is -0.329 e. The van der Waals surface area contributed by atoms with Crippen LogP contribution in [0.15, 0.2) is 47.6 Å². The molecule has 0 aliphatic heterocycles. The Kier molecular flexibility index (Phi) is 4.42. The molecule has 1 N–H and O–H groups in total. The van der Waals surface area contributed by atoms with Gasteiger partial charge in [-0.3, -0.25) is 4.79 Å². The van der Waals surface area contributed by atoms with Gasteiger partial charge in [0.15, 0.2) is 0 Å². The van der Waals surface area contributed by atoms with E-state index in [-0.39, 0.29) is 5.91 Å². The molecule has 0 bridgehead atoms. The normalized spacial score (nSPS) is 11.3. The van der Waals surface area contributed by atoms with Gasteiger partial charge in [0.05, 0.1) is 17.2 Å². The number of aromatic nitrogens is 2. The second kappa shape index (κ2) is 6.66. The number of nitrogens with zero attached hydrogens (tertiary/aromatic N) is 3. The van der Waals surface area contributed by atoms with Gasteiger partial charge in [-0.05, 0) is 44.5 Å². The van der Waals surface area contributed by atoms with E-state index in [1.807, 2.05) is 44.2 Å². The summed E-state index contributed by atoms with van der Waals surface area (Å²) in [6.45, 7) is 6.92. The quantitative estimate of drug-likeness (QED) is 0.591. The number of imidazole rings is 1. The summed E-state index contributed by atoms with van der Waals surface area (Å²) in [7, 11) is 0. The van der Waals surface area contributed by atoms with Gasteiger partial charge in [0, 0.05) is 12.1 Å². The smallest absolute Gasteiger partial charge is 0.271 e. The molecular weight excluding hydrogens is 300 g/mol. The van der Waals surface area contributed by atoms with E-state index in [1.165, 1.54) is 0 Å². The fourth-order valence-electron chi connectivity index (χ4n) is 2.77. The van der Waals surface area contributed by atoms with Gasteiger partial charge in [-0.2, -0.15) is 5.10 Å². The minimum atomic E-state index is -0.246. The van der Waals surface area contributed by atoms with Crippen molar-refractivity contribution in [3.05, 3.63) is 65.0 Å². The fourth-order valence-corrected chi connectivity index (χ4v) is 2.77. The van der Waals surface area contributed by atoms with Gasteiger partial charge in [0.2, 0.25) is 0 Å². The van der Waals surface area contributed by atoms with E-state index in [4.69, 9.17) is 0 Å². The van der Waals surface area contributed by atoms with Crippen LogP contribution in [0.2, 0.25) is 0 Å². The average Bonchev–Trinajstić information content (AvgIpc) is 2.88. The Bertz CT molecular complexity index is 924. The van der Waals surface area contributed by atoms with Crippen molar-refractivity contribution < 1.29 is 4.79 Å². The van der Waals surface area contributed by atoms with Crippen LogP contribution in [0.4, 0.5) is 0 Å². The fraction of sp³-hybridized carbons (Fsp3) is 0.211. The Hall–Kier alpha value is -2.95. The summed E-state index contributed by atoms with van der Waals surface area (Å²) < 4.78 is 2.12. The topological polar surface area (TPSA) is 59.3 Å². The first-order valence-corrected chi connectivity index (χ1v) is 7.95. The number of hydrazone groups is 1. The van der Waals surface area contributed by atoms with Crippen LogP contribution in [0.3, 0.4) is 0 Å². The van der Waals surface area contributed by atoms with E-state index in [9.17, 15) is 4.79 Å². The van der Waals surface area contributed by atoms with Gasteiger partial charge in [0.1, 0.15) is 5.82 Å². The molecule has 0 saturated carbocycles. The minimum absolute atomic E-state index is 0.246. The van der Waals surface area contributed by atoms with Crippen LogP contribution in [0.5, 0.6) is 0 Å². The molecule has 0 radical (unpaired) electrons. The van der Waals surface area contributed by atoms with Crippen LogP contribution in [-0.4, -0.2) is 21.7 Å². The monoisotopic (exact) mass is 320 g/mol. The highest BCUT2D eigenvalue weighted by molar-refractivity contribution is 5.97. The predicted molar refractivity (Wildman–Crippen MR) is 96.4 cm³/mol. The van der Waals surface area contributed by atoms with Gasteiger partial charge in [-0.1, -0.05) is 29.8 Å². The highest BCUT2D eigenvalue weighted by atomic mass is 16.2. The summed E-state index contributed by atoms with van der Waals surface area (Å²) in [6, 6.07) is 13.4. The van der Waals surface area contributed by atoms with Gasteiger partial charge in [-0.15, -0.1) is 0 Å². The molecule has 5 heteroatoms. The van der Waals surface area contributed by atoms with E-state index in [0.29, 0.717) is 5.56 Å². The zero-order chi connectivity index (χ0) is 17.1. The molecule has 0 unspecified atom stereocenters. The Balaban J connectivity index is 1.76. The summed E-state index contributed by atoms with van der Waals surface area (Å²) in [4.78, 5) is 16.8. The third-order valence-electron chi connectivity index (χ3n) is 3.94. The Morgan fingerprint density at radius 1 is 1.25 bits per heavy atom. The Labute approximate surface area is 141 Å². The molecule has 122 valence electrons. The largest absolute Gasteiger partial charge is 0.329 e. The van der Waals surface area contributed by atoms with Crippen LogP contribution in [-0.2, 0) is 6.54 Å². The number of benzene rings is 2. The first kappa shape index (κ1) is 15.9. The number of hydrogen-bond donors (Lipinski definition) is 1. The molecule has 2 aromatic carbocycles. The van der Waals surface area contributed by atoms with Crippen molar-refractivity contribution in [2.24, 2.45) is 5.10 Å². The number of amides is 1. The summed E-state index contributed by atoms with van der Waals surface area (Å²) in [5, 5.41) is 4.03. The summed E-state index contributed by atoms with van der Waals surface area (Å²) in [5.74, 6) is 0.701. The Morgan fingerprint density at radius 3 is 2.83 bits per heavy atom. The third-order valence-corrected chi connectivity index (χ3v) is 3.94. The molecule has 3 aromatic rings. The molecule has 3 rings (SSSR count). The molecule has 1 heterocycles. The number of hydrogen-bond acceptors (Lipinski definition) is 3. The number of carbonyl (C=O) groups is 1. The second-order valence-electron chi connectivity index (χ2n) is 5.72. The van der Waals surface area contributed by atoms with Crippen molar-refractivity contribution in [2.45, 2.75) is 27.3 Å². The average molecular weight is 320 g/mol. The SMILES string of the molecule is CCn1c(C)nc2cc(C(=O)N/N=C/c3cccc(C)c3)ccc21. The molecule has 0 fully saturated rings. The number of fused-ring (bicyclic) bond motifs is 1. The van der Waals surface area contributed by atoms with Crippen LogP contribution < -0.4 is 5.43 Å². The maximum Gasteiger partial charge on any atom is 0.271 e. The van der Waals surface area contributed by atoms with E-state index in [0.717, 1.165) is 34.5 Å². The molecule has 0 atom stereocenters. The third kappa shape index (κ3) is 3.20. The van der Waals surface area contributed by atoms with Crippen molar-refractivity contribution in [3.8, 4) is 0 Å². The zero-order valence-corrected chi connectivity index (χ0v) is 14.1. The molecule has 1 aromatic heterocycles. The molecule has 0 aliphatic rings. The molecule has 1 amide bonds. The highest BCUT2D eigenvalue weighted by Gasteiger charge is 2.10. The van der Waals surface area contributed by atoms with Crippen molar-refractivity contribution in [1.29, 1.82) is 0 Å². The van der Waals surface area contributed by atoms with E-state index < -0.39 is 0 Å². The molecule has 5 nitrogen and oxygen atoms in total. The lowest BCUT2D eigenvalue weighted by atomic mass is 10.2. The van der Waals surface area contributed by atoms with E-state index in [1.54, 1.807) is 18.3 Å². The molecular formula is C19H20N4O. The standard InChI is InChI=1S/C19H20N4O/c1-4-23-14(3)21-17-11-16(8-9-18(17)23)19(24)22-20-12-15-7-5-6-13(2)10-15/h5-12H,4H2,1-3H3,(H,22,24)/b20-12+. The lowest BCUT2D eigenvalue weighted by Gasteiger charge is -2.03. The number of aryl methyl sites for hydroxylation is 3. The van der Waals surface area contributed by atoms with Gasteiger partial charge in [-0.25, -0.2) is 10.4 Å². The van der Waals surface area contributed by atoms with Gasteiger partial charge < -0.3 is 4.57 Å². The number of carbonyl (C=O) groups excluding carboxylic acids is 1. The van der Waals surface area contributed by atoms with E-state index in [2.05, 4.69) is 27.0 Å². The van der Waals surface area contributed by atoms with Crippen LogP contribution in [0, 0.1) is 13.8 Å². The van der Waals surface area contributed by atoms with Gasteiger partial charge in [0.25, 0.3) is 5.91 Å². The second-order valence-corrected chi connectivity index (χ2v) is 5.72. The summed E-state index contributed by atoms with van der Waals surface area (Å²) in [5.41, 5.74) is 7.07. The predicted octanol–water partition coefficient (Wildman–Crippen LogP) is 3.44. The maximum atomic E-state index is 12.2. The lowest BCUT2D eigenvalue weighted by molar-refractivity contribution is 0.0955. The van der Waals surface area contributed by atoms with Crippen molar-refractivity contribution in [1.82, 2.24) is 15.0 Å². The molecule has 24 heavy (non-hydrogen) atoms. The van der Waals surface area contributed by atoms with Crippen molar-refractivity contribution >= 4 is 23.2 Å². The number of rotatable bonds is 4. The van der Waals surface area contributed by atoms with Crippen molar-refractivity contribution in [3.63, 3.8) is 0 Å². The summed E-state index contributed by atoms with van der Waals surface area (Å²) in [6.07, 6.45) is 1.64. The van der Waals surface area contributed by atoms with Crippen LogP contribution >= 0.6 is 0 Å². The van der Waals surface area contributed by atoms with Crippen molar-refractivity contribution in [2.75, 3.05) is 0 Å². The maximum absolute atomic E-state index is 12.2. The lowest BCUT2D eigenvalue weighted by Crippen LogP contribution is -2.17. The molecule has 0 saturated heterocycles. The van der Waals surface area contributed by atoms with Crippen LogP contribution in [0.25, 0.3) is 11.0 Å². The first-order valence-electron chi connectivity index (χ1n) is 7.95. The molecule has 0 spiro atoms. The van der Waals surface area contributed by atoms with Gasteiger partial charge >= 0.3 is 0 Å². The molecule has 0 aliphatic carbocycles. The zero-order valence-electron chi connectivity index (χ0n) is 14.1. The highest BCUT2D eigenvalue weighted by Crippen LogP contribution is 2.17.